The molecule has 1 unspecified atom stereocenters. The Kier molecular flexibility index (Phi) is 3.08. The van der Waals surface area contributed by atoms with Crippen molar-refractivity contribution in [2.75, 3.05) is 7.11 Å². The average Bonchev–Trinajstić information content (AvgIpc) is 3.09. The summed E-state index contributed by atoms with van der Waals surface area (Å²) < 4.78 is 31.6. The number of halogens is 2. The molecule has 2 rings (SSSR count). The van der Waals surface area contributed by atoms with Crippen molar-refractivity contribution in [3.63, 3.8) is 0 Å². The predicted octanol–water partition coefficient (Wildman–Crippen LogP) is 2.68. The highest BCUT2D eigenvalue weighted by molar-refractivity contribution is 5.47. The van der Waals surface area contributed by atoms with Crippen LogP contribution < -0.4 is 10.5 Å². The molecule has 0 heterocycles. The van der Waals surface area contributed by atoms with Crippen LogP contribution >= 0.6 is 0 Å². The van der Waals surface area contributed by atoms with Crippen molar-refractivity contribution < 1.29 is 13.5 Å². The molecule has 94 valence electrons. The second-order valence-corrected chi connectivity index (χ2v) is 4.74. The van der Waals surface area contributed by atoms with Gasteiger partial charge in [0.15, 0.2) is 11.6 Å². The summed E-state index contributed by atoms with van der Waals surface area (Å²) in [6, 6.07) is 2.77. The largest absolute Gasteiger partial charge is 0.493 e. The second-order valence-electron chi connectivity index (χ2n) is 4.74. The fraction of sp³-hybridized carbons (Fsp3) is 0.538. The molecule has 1 fully saturated rings. The van der Waals surface area contributed by atoms with Gasteiger partial charge in [-0.05, 0) is 37.5 Å². The lowest BCUT2D eigenvalue weighted by molar-refractivity contribution is 0.370. The SMILES string of the molecule is COc1c(F)cc(CF)cc1C1(C(C)N)CC1. The van der Waals surface area contributed by atoms with Gasteiger partial charge in [-0.15, -0.1) is 0 Å². The minimum absolute atomic E-state index is 0.0920. The first-order valence-corrected chi connectivity index (χ1v) is 5.73. The molecule has 2 N–H and O–H groups in total. The lowest BCUT2D eigenvalue weighted by atomic mass is 9.87. The number of alkyl halides is 1. The maximum atomic E-state index is 13.8. The third kappa shape index (κ3) is 1.90. The molecule has 0 bridgehead atoms. The van der Waals surface area contributed by atoms with E-state index in [0.717, 1.165) is 12.8 Å². The minimum atomic E-state index is -0.678. The number of benzene rings is 1. The van der Waals surface area contributed by atoms with Gasteiger partial charge in [-0.1, -0.05) is 0 Å². The molecule has 0 radical (unpaired) electrons. The molecule has 0 saturated heterocycles. The maximum Gasteiger partial charge on any atom is 0.165 e. The van der Waals surface area contributed by atoms with Gasteiger partial charge in [0.05, 0.1) is 7.11 Å². The summed E-state index contributed by atoms with van der Waals surface area (Å²) in [5.41, 5.74) is 6.77. The van der Waals surface area contributed by atoms with E-state index >= 15 is 0 Å². The highest BCUT2D eigenvalue weighted by Crippen LogP contribution is 2.53. The molecule has 0 spiro atoms. The second kappa shape index (κ2) is 4.26. The normalized spacial score (nSPS) is 18.9. The molecule has 1 aliphatic carbocycles. The van der Waals surface area contributed by atoms with Crippen LogP contribution in [-0.4, -0.2) is 13.2 Å². The van der Waals surface area contributed by atoms with Gasteiger partial charge in [0.25, 0.3) is 0 Å². The fourth-order valence-corrected chi connectivity index (χ4v) is 2.41. The molecule has 4 heteroatoms. The van der Waals surface area contributed by atoms with Crippen molar-refractivity contribution in [2.45, 2.75) is 37.9 Å². The predicted molar refractivity (Wildman–Crippen MR) is 62.3 cm³/mol. The van der Waals surface area contributed by atoms with Crippen molar-refractivity contribution in [2.24, 2.45) is 5.73 Å². The smallest absolute Gasteiger partial charge is 0.165 e. The Bertz CT molecular complexity index is 428. The molecule has 0 aliphatic heterocycles. The topological polar surface area (TPSA) is 35.2 Å². The van der Waals surface area contributed by atoms with Crippen LogP contribution in [0.2, 0.25) is 0 Å². The van der Waals surface area contributed by atoms with Crippen molar-refractivity contribution >= 4 is 0 Å². The van der Waals surface area contributed by atoms with Gasteiger partial charge in [0, 0.05) is 17.0 Å². The molecule has 1 aromatic rings. The Morgan fingerprint density at radius 1 is 1.47 bits per heavy atom. The van der Waals surface area contributed by atoms with E-state index in [1.54, 1.807) is 6.07 Å². The van der Waals surface area contributed by atoms with Gasteiger partial charge in [-0.2, -0.15) is 0 Å². The summed E-state index contributed by atoms with van der Waals surface area (Å²) in [6.07, 6.45) is 1.80. The maximum absolute atomic E-state index is 13.8. The first kappa shape index (κ1) is 12.3. The van der Waals surface area contributed by atoms with Crippen molar-refractivity contribution in [3.8, 4) is 5.75 Å². The number of methoxy groups -OCH3 is 1. The van der Waals surface area contributed by atoms with E-state index in [2.05, 4.69) is 0 Å². The summed E-state index contributed by atoms with van der Waals surface area (Å²) in [4.78, 5) is 0. The van der Waals surface area contributed by atoms with E-state index in [-0.39, 0.29) is 17.2 Å². The highest BCUT2D eigenvalue weighted by atomic mass is 19.1. The van der Waals surface area contributed by atoms with Gasteiger partial charge in [0.2, 0.25) is 0 Å². The average molecular weight is 241 g/mol. The molecular formula is C13H17F2NO. The Balaban J connectivity index is 2.55. The van der Waals surface area contributed by atoms with Crippen LogP contribution in [0.25, 0.3) is 0 Å². The molecule has 1 atom stereocenters. The zero-order chi connectivity index (χ0) is 12.6. The highest BCUT2D eigenvalue weighted by Gasteiger charge is 2.49. The van der Waals surface area contributed by atoms with E-state index in [1.165, 1.54) is 13.2 Å². The first-order chi connectivity index (χ1) is 8.05. The molecule has 1 saturated carbocycles. The monoisotopic (exact) mass is 241 g/mol. The molecule has 2 nitrogen and oxygen atoms in total. The Morgan fingerprint density at radius 2 is 2.12 bits per heavy atom. The van der Waals surface area contributed by atoms with E-state index < -0.39 is 12.5 Å². The van der Waals surface area contributed by atoms with Crippen molar-refractivity contribution in [1.82, 2.24) is 0 Å². The molecule has 17 heavy (non-hydrogen) atoms. The Labute approximate surface area is 99.8 Å². The van der Waals surface area contributed by atoms with E-state index in [1.807, 2.05) is 6.92 Å². The van der Waals surface area contributed by atoms with Crippen LogP contribution in [0.3, 0.4) is 0 Å². The van der Waals surface area contributed by atoms with Crippen LogP contribution in [0, 0.1) is 5.82 Å². The summed E-state index contributed by atoms with van der Waals surface area (Å²) in [7, 11) is 1.42. The number of ether oxygens (including phenoxy) is 1. The van der Waals surface area contributed by atoms with Crippen molar-refractivity contribution in [1.29, 1.82) is 0 Å². The third-order valence-electron chi connectivity index (χ3n) is 3.66. The van der Waals surface area contributed by atoms with Gasteiger partial charge in [-0.25, -0.2) is 8.78 Å². The minimum Gasteiger partial charge on any atom is -0.493 e. The van der Waals surface area contributed by atoms with Crippen LogP contribution in [0.5, 0.6) is 5.75 Å². The van der Waals surface area contributed by atoms with E-state index in [0.29, 0.717) is 11.1 Å². The van der Waals surface area contributed by atoms with E-state index in [9.17, 15) is 8.78 Å². The zero-order valence-electron chi connectivity index (χ0n) is 10.1. The van der Waals surface area contributed by atoms with Crippen LogP contribution in [0.1, 0.15) is 30.9 Å². The third-order valence-corrected chi connectivity index (χ3v) is 3.66. The molecular weight excluding hydrogens is 224 g/mol. The lowest BCUT2D eigenvalue weighted by Gasteiger charge is -2.23. The summed E-state index contributed by atoms with van der Waals surface area (Å²) in [5, 5.41) is 0. The van der Waals surface area contributed by atoms with Gasteiger partial charge < -0.3 is 10.5 Å². The zero-order valence-corrected chi connectivity index (χ0v) is 10.1. The lowest BCUT2D eigenvalue weighted by Crippen LogP contribution is -2.32. The summed E-state index contributed by atoms with van der Waals surface area (Å²) in [6.45, 7) is 1.22. The first-order valence-electron chi connectivity index (χ1n) is 5.73. The van der Waals surface area contributed by atoms with Gasteiger partial charge in [-0.3, -0.25) is 0 Å². The summed E-state index contributed by atoms with van der Waals surface area (Å²) in [5.74, 6) is -0.304. The fourth-order valence-electron chi connectivity index (χ4n) is 2.41. The van der Waals surface area contributed by atoms with Crippen molar-refractivity contribution in [3.05, 3.63) is 29.1 Å². The summed E-state index contributed by atoms with van der Waals surface area (Å²) >= 11 is 0. The number of hydrogen-bond acceptors (Lipinski definition) is 2. The molecule has 1 aliphatic rings. The van der Waals surface area contributed by atoms with Gasteiger partial charge >= 0.3 is 0 Å². The number of nitrogens with two attached hydrogens (primary N) is 1. The van der Waals surface area contributed by atoms with Crippen LogP contribution in [0.4, 0.5) is 8.78 Å². The number of hydrogen-bond donors (Lipinski definition) is 1. The van der Waals surface area contributed by atoms with Crippen LogP contribution in [-0.2, 0) is 12.1 Å². The van der Waals surface area contributed by atoms with E-state index in [4.69, 9.17) is 10.5 Å². The standard InChI is InChI=1S/C13H17F2NO/c1-8(16)13(3-4-13)10-5-9(7-14)6-11(15)12(10)17-2/h5-6,8H,3-4,7,16H2,1-2H3. The quantitative estimate of drug-likeness (QED) is 0.879. The number of rotatable bonds is 4. The van der Waals surface area contributed by atoms with Gasteiger partial charge in [0.1, 0.15) is 6.67 Å². The molecule has 0 amide bonds. The van der Waals surface area contributed by atoms with Crippen LogP contribution in [0.15, 0.2) is 12.1 Å². The molecule has 0 aromatic heterocycles. The Hall–Kier alpha value is -1.16. The molecule has 1 aromatic carbocycles. The Morgan fingerprint density at radius 3 is 2.53 bits per heavy atom.